The summed E-state index contributed by atoms with van der Waals surface area (Å²) in [5, 5.41) is 0.701. The first-order valence-electron chi connectivity index (χ1n) is 6.00. The summed E-state index contributed by atoms with van der Waals surface area (Å²) in [5.74, 6) is -0.255. The van der Waals surface area contributed by atoms with E-state index in [9.17, 15) is 9.18 Å². The molecule has 104 valence electrons. The van der Waals surface area contributed by atoms with E-state index in [2.05, 4.69) is 15.9 Å². The van der Waals surface area contributed by atoms with Gasteiger partial charge in [-0.15, -0.1) is 0 Å². The lowest BCUT2D eigenvalue weighted by Crippen LogP contribution is -2.10. The molecule has 0 aliphatic heterocycles. The summed E-state index contributed by atoms with van der Waals surface area (Å²) in [6, 6.07) is 11.0. The predicted molar refractivity (Wildman–Crippen MR) is 79.6 cm³/mol. The molecule has 2 aromatic carbocycles. The van der Waals surface area contributed by atoms with Gasteiger partial charge in [0, 0.05) is 16.5 Å². The van der Waals surface area contributed by atoms with Crippen molar-refractivity contribution in [2.45, 2.75) is 0 Å². The van der Waals surface area contributed by atoms with Gasteiger partial charge in [0.2, 0.25) is 5.91 Å². The number of carbonyl (C=O) groups is 1. The van der Waals surface area contributed by atoms with Crippen molar-refractivity contribution < 1.29 is 13.9 Å². The number of alkyl halides is 1. The Balaban J connectivity index is 2.33. The van der Waals surface area contributed by atoms with E-state index in [0.717, 1.165) is 0 Å². The molecular formula is C15H13BrFNO2. The van der Waals surface area contributed by atoms with Crippen LogP contribution >= 0.6 is 15.9 Å². The van der Waals surface area contributed by atoms with E-state index in [1.54, 1.807) is 36.4 Å². The summed E-state index contributed by atoms with van der Waals surface area (Å²) >= 11 is 3.26. The molecule has 0 bridgehead atoms. The van der Waals surface area contributed by atoms with Gasteiger partial charge in [-0.3, -0.25) is 4.79 Å². The fourth-order valence-electron chi connectivity index (χ4n) is 1.79. The zero-order chi connectivity index (χ0) is 14.5. The van der Waals surface area contributed by atoms with Crippen LogP contribution in [0.2, 0.25) is 0 Å². The number of primary amides is 1. The number of ether oxygens (including phenoxy) is 1. The SMILES string of the molecule is NC(=O)c1ccc(-c2cc(OCCBr)ccc2F)cc1. The maximum Gasteiger partial charge on any atom is 0.248 e. The van der Waals surface area contributed by atoms with Gasteiger partial charge >= 0.3 is 0 Å². The van der Waals surface area contributed by atoms with Crippen molar-refractivity contribution in [2.75, 3.05) is 11.9 Å². The highest BCUT2D eigenvalue weighted by Crippen LogP contribution is 2.27. The Bertz CT molecular complexity index is 614. The average molecular weight is 338 g/mol. The van der Waals surface area contributed by atoms with Gasteiger partial charge in [0.05, 0.1) is 6.61 Å². The molecule has 2 N–H and O–H groups in total. The lowest BCUT2D eigenvalue weighted by atomic mass is 10.0. The highest BCUT2D eigenvalue weighted by molar-refractivity contribution is 9.09. The summed E-state index contributed by atoms with van der Waals surface area (Å²) in [6.07, 6.45) is 0. The zero-order valence-corrected chi connectivity index (χ0v) is 12.2. The van der Waals surface area contributed by atoms with Gasteiger partial charge < -0.3 is 10.5 Å². The van der Waals surface area contributed by atoms with Crippen molar-refractivity contribution in [2.24, 2.45) is 5.73 Å². The highest BCUT2D eigenvalue weighted by atomic mass is 79.9. The third-order valence-corrected chi connectivity index (χ3v) is 3.09. The minimum absolute atomic E-state index is 0.344. The maximum absolute atomic E-state index is 13.9. The third kappa shape index (κ3) is 3.36. The van der Waals surface area contributed by atoms with Crippen LogP contribution < -0.4 is 10.5 Å². The second-order valence-electron chi connectivity index (χ2n) is 4.12. The molecule has 1 amide bonds. The van der Waals surface area contributed by atoms with Gasteiger partial charge in [-0.25, -0.2) is 4.39 Å². The Kier molecular flexibility index (Phi) is 4.74. The molecule has 0 aliphatic carbocycles. The standard InChI is InChI=1S/C15H13BrFNO2/c16-7-8-20-12-5-6-14(17)13(9-12)10-1-3-11(4-2-10)15(18)19/h1-6,9H,7-8H2,(H2,18,19). The van der Waals surface area contributed by atoms with Crippen LogP contribution in [0.15, 0.2) is 42.5 Å². The summed E-state index contributed by atoms with van der Waals surface area (Å²) in [4.78, 5) is 11.0. The number of benzene rings is 2. The van der Waals surface area contributed by atoms with E-state index < -0.39 is 5.91 Å². The summed E-state index contributed by atoms with van der Waals surface area (Å²) in [5.41, 5.74) is 6.65. The number of hydrogen-bond donors (Lipinski definition) is 1. The molecule has 0 aliphatic rings. The van der Waals surface area contributed by atoms with Crippen LogP contribution in [0.5, 0.6) is 5.75 Å². The fourth-order valence-corrected chi connectivity index (χ4v) is 1.95. The third-order valence-electron chi connectivity index (χ3n) is 2.76. The molecule has 2 aromatic rings. The second-order valence-corrected chi connectivity index (χ2v) is 4.91. The fraction of sp³-hybridized carbons (Fsp3) is 0.133. The molecule has 0 spiro atoms. The predicted octanol–water partition coefficient (Wildman–Crippen LogP) is 3.37. The molecule has 0 fully saturated rings. The van der Waals surface area contributed by atoms with Crippen LogP contribution in [0.25, 0.3) is 11.1 Å². The van der Waals surface area contributed by atoms with Crippen molar-refractivity contribution in [3.8, 4) is 16.9 Å². The Labute approximate surface area is 124 Å². The lowest BCUT2D eigenvalue weighted by molar-refractivity contribution is 0.100. The van der Waals surface area contributed by atoms with Crippen LogP contribution in [0.1, 0.15) is 10.4 Å². The molecule has 0 heterocycles. The van der Waals surface area contributed by atoms with Gasteiger partial charge in [-0.2, -0.15) is 0 Å². The molecular weight excluding hydrogens is 325 g/mol. The first kappa shape index (κ1) is 14.5. The molecule has 5 heteroatoms. The van der Waals surface area contributed by atoms with Crippen LogP contribution in [-0.2, 0) is 0 Å². The monoisotopic (exact) mass is 337 g/mol. The van der Waals surface area contributed by atoms with Gasteiger partial charge in [0.1, 0.15) is 11.6 Å². The van der Waals surface area contributed by atoms with Crippen molar-refractivity contribution in [3.05, 3.63) is 53.8 Å². The molecule has 2 rings (SSSR count). The maximum atomic E-state index is 13.9. The topological polar surface area (TPSA) is 52.3 Å². The van der Waals surface area contributed by atoms with Crippen molar-refractivity contribution in [3.63, 3.8) is 0 Å². The lowest BCUT2D eigenvalue weighted by Gasteiger charge is -2.08. The molecule has 0 radical (unpaired) electrons. The Morgan fingerprint density at radius 2 is 1.90 bits per heavy atom. The van der Waals surface area contributed by atoms with E-state index in [-0.39, 0.29) is 5.82 Å². The number of halogens is 2. The molecule has 0 saturated heterocycles. The minimum Gasteiger partial charge on any atom is -0.493 e. The summed E-state index contributed by atoms with van der Waals surface area (Å²) in [7, 11) is 0. The summed E-state index contributed by atoms with van der Waals surface area (Å²) < 4.78 is 19.3. The summed E-state index contributed by atoms with van der Waals surface area (Å²) in [6.45, 7) is 0.506. The van der Waals surface area contributed by atoms with Crippen LogP contribution in [-0.4, -0.2) is 17.8 Å². The molecule has 0 saturated carbocycles. The van der Waals surface area contributed by atoms with Crippen molar-refractivity contribution in [1.29, 1.82) is 0 Å². The van der Waals surface area contributed by atoms with Crippen LogP contribution in [0.3, 0.4) is 0 Å². The highest BCUT2D eigenvalue weighted by Gasteiger charge is 2.08. The Morgan fingerprint density at radius 3 is 2.50 bits per heavy atom. The first-order valence-corrected chi connectivity index (χ1v) is 7.12. The zero-order valence-electron chi connectivity index (χ0n) is 10.6. The molecule has 20 heavy (non-hydrogen) atoms. The van der Waals surface area contributed by atoms with Gasteiger partial charge in [-0.05, 0) is 35.9 Å². The van der Waals surface area contributed by atoms with E-state index >= 15 is 0 Å². The van der Waals surface area contributed by atoms with Gasteiger partial charge in [0.15, 0.2) is 0 Å². The normalized spacial score (nSPS) is 10.3. The Hall–Kier alpha value is -1.88. The van der Waals surface area contributed by atoms with E-state index in [0.29, 0.717) is 34.4 Å². The van der Waals surface area contributed by atoms with Crippen LogP contribution in [0.4, 0.5) is 4.39 Å². The minimum atomic E-state index is -0.508. The largest absolute Gasteiger partial charge is 0.493 e. The molecule has 0 aromatic heterocycles. The van der Waals surface area contributed by atoms with Crippen molar-refractivity contribution in [1.82, 2.24) is 0 Å². The molecule has 3 nitrogen and oxygen atoms in total. The van der Waals surface area contributed by atoms with Crippen LogP contribution in [0, 0.1) is 5.82 Å². The first-order chi connectivity index (χ1) is 9.61. The van der Waals surface area contributed by atoms with E-state index in [1.807, 2.05) is 0 Å². The van der Waals surface area contributed by atoms with Gasteiger partial charge in [0.25, 0.3) is 0 Å². The smallest absolute Gasteiger partial charge is 0.248 e. The number of hydrogen-bond acceptors (Lipinski definition) is 2. The quantitative estimate of drug-likeness (QED) is 0.850. The number of carbonyl (C=O) groups excluding carboxylic acids is 1. The van der Waals surface area contributed by atoms with Gasteiger partial charge in [-0.1, -0.05) is 28.1 Å². The van der Waals surface area contributed by atoms with Crippen molar-refractivity contribution >= 4 is 21.8 Å². The number of amides is 1. The second kappa shape index (κ2) is 6.52. The number of rotatable bonds is 5. The van der Waals surface area contributed by atoms with E-state index in [1.165, 1.54) is 6.07 Å². The molecule has 0 atom stereocenters. The molecule has 0 unspecified atom stereocenters. The Morgan fingerprint density at radius 1 is 1.20 bits per heavy atom. The number of nitrogens with two attached hydrogens (primary N) is 1. The average Bonchev–Trinajstić information content (AvgIpc) is 2.46. The van der Waals surface area contributed by atoms with E-state index in [4.69, 9.17) is 10.5 Å².